The van der Waals surface area contributed by atoms with Gasteiger partial charge in [-0.2, -0.15) is 0 Å². The molecule has 1 aromatic heterocycles. The van der Waals surface area contributed by atoms with Crippen LogP contribution in [0.4, 0.5) is 0 Å². The first-order valence-corrected chi connectivity index (χ1v) is 13.3. The highest BCUT2D eigenvalue weighted by Gasteiger charge is 2.37. The number of carbonyl (C=O) groups excluding carboxylic acids is 1. The lowest BCUT2D eigenvalue weighted by Crippen LogP contribution is -2.36. The lowest BCUT2D eigenvalue weighted by Gasteiger charge is -2.31. The van der Waals surface area contributed by atoms with Gasteiger partial charge in [-0.25, -0.2) is 9.46 Å². The van der Waals surface area contributed by atoms with E-state index in [2.05, 4.69) is 0 Å². The van der Waals surface area contributed by atoms with Crippen LogP contribution in [-0.4, -0.2) is 41.4 Å². The van der Waals surface area contributed by atoms with E-state index in [1.165, 1.54) is 16.0 Å². The average Bonchev–Trinajstić information content (AvgIpc) is 3.22. The summed E-state index contributed by atoms with van der Waals surface area (Å²) >= 11 is 1.19. The van der Waals surface area contributed by atoms with Gasteiger partial charge >= 0.3 is 19.5 Å². The van der Waals surface area contributed by atoms with Gasteiger partial charge in [0.1, 0.15) is 16.7 Å². The molecule has 3 rings (SSSR count). The first-order chi connectivity index (χ1) is 15.7. The van der Waals surface area contributed by atoms with Gasteiger partial charge in [0.25, 0.3) is 0 Å². The van der Waals surface area contributed by atoms with Crippen molar-refractivity contribution >= 4 is 40.9 Å². The molecule has 0 aliphatic carbocycles. The topological polar surface area (TPSA) is 93.1 Å². The number of likely N-dealkylation sites (N-methyl/N-ethyl adjacent to an activating group) is 1. The SMILES string of the molecule is CCCCOC(=O)C(C)N(C)P(=O)(Cc1ccc2sc(C(=O)O)cc2c1)Oc1ccccc1. The second kappa shape index (κ2) is 11.0. The van der Waals surface area contributed by atoms with E-state index in [9.17, 15) is 19.3 Å². The molecule has 176 valence electrons. The van der Waals surface area contributed by atoms with Crippen LogP contribution < -0.4 is 4.52 Å². The molecule has 2 aromatic carbocycles. The fourth-order valence-electron chi connectivity index (χ4n) is 3.24. The van der Waals surface area contributed by atoms with Crippen molar-refractivity contribution in [1.82, 2.24) is 4.67 Å². The van der Waals surface area contributed by atoms with Crippen molar-refractivity contribution in [2.75, 3.05) is 13.7 Å². The first-order valence-electron chi connectivity index (χ1n) is 10.7. The molecule has 33 heavy (non-hydrogen) atoms. The number of carboxylic acids is 1. The van der Waals surface area contributed by atoms with Gasteiger partial charge in [-0.15, -0.1) is 11.3 Å². The van der Waals surface area contributed by atoms with Gasteiger partial charge < -0.3 is 14.4 Å². The molecule has 0 amide bonds. The van der Waals surface area contributed by atoms with Crippen molar-refractivity contribution in [3.05, 3.63) is 65.0 Å². The fraction of sp³-hybridized carbons (Fsp3) is 0.333. The zero-order chi connectivity index (χ0) is 24.0. The van der Waals surface area contributed by atoms with E-state index in [-0.39, 0.29) is 11.0 Å². The second-order valence-electron chi connectivity index (χ2n) is 7.76. The van der Waals surface area contributed by atoms with Gasteiger partial charge in [0.15, 0.2) is 0 Å². The van der Waals surface area contributed by atoms with Gasteiger partial charge in [0, 0.05) is 4.70 Å². The smallest absolute Gasteiger partial charge is 0.345 e. The largest absolute Gasteiger partial charge is 0.477 e. The summed E-state index contributed by atoms with van der Waals surface area (Å²) in [5.41, 5.74) is 0.718. The number of carboxylic acid groups (broad SMARTS) is 1. The molecule has 0 radical (unpaired) electrons. The van der Waals surface area contributed by atoms with Crippen molar-refractivity contribution < 1.29 is 28.5 Å². The van der Waals surface area contributed by atoms with Crippen molar-refractivity contribution in [3.8, 4) is 5.75 Å². The van der Waals surface area contributed by atoms with E-state index in [1.54, 1.807) is 44.3 Å². The first kappa shape index (κ1) is 25.0. The third-order valence-electron chi connectivity index (χ3n) is 5.29. The maximum atomic E-state index is 14.2. The van der Waals surface area contributed by atoms with Crippen molar-refractivity contribution in [2.24, 2.45) is 0 Å². The molecule has 0 saturated heterocycles. The fourth-order valence-corrected chi connectivity index (χ4v) is 6.27. The third-order valence-corrected chi connectivity index (χ3v) is 8.96. The van der Waals surface area contributed by atoms with E-state index in [0.717, 1.165) is 28.5 Å². The Morgan fingerprint density at radius 3 is 2.55 bits per heavy atom. The van der Waals surface area contributed by atoms with Crippen molar-refractivity contribution in [2.45, 2.75) is 38.9 Å². The van der Waals surface area contributed by atoms with Gasteiger partial charge in [0.05, 0.1) is 12.8 Å². The number of ether oxygens (including phenoxy) is 1. The molecule has 2 atom stereocenters. The van der Waals surface area contributed by atoms with Gasteiger partial charge in [-0.3, -0.25) is 9.36 Å². The number of hydrogen-bond donors (Lipinski definition) is 1. The summed E-state index contributed by atoms with van der Waals surface area (Å²) in [7, 11) is -1.98. The number of para-hydroxylation sites is 1. The second-order valence-corrected chi connectivity index (χ2v) is 11.2. The molecule has 0 fully saturated rings. The summed E-state index contributed by atoms with van der Waals surface area (Å²) in [5, 5.41) is 10.0. The molecule has 3 aromatic rings. The van der Waals surface area contributed by atoms with Gasteiger partial charge in [-0.1, -0.05) is 37.6 Å². The molecule has 0 saturated carbocycles. The standard InChI is InChI=1S/C24H28NO6PS/c1-4-5-13-30-24(28)17(2)25(3)32(29,31-20-9-7-6-8-10-20)16-18-11-12-21-19(14-18)15-22(33-21)23(26)27/h6-12,14-15,17H,4-5,13,16H2,1-3H3,(H,26,27). The Morgan fingerprint density at radius 2 is 1.88 bits per heavy atom. The maximum absolute atomic E-state index is 14.2. The van der Waals surface area contributed by atoms with Crippen LogP contribution in [0.2, 0.25) is 0 Å². The highest BCUT2D eigenvalue weighted by Crippen LogP contribution is 2.54. The molecular weight excluding hydrogens is 461 g/mol. The minimum atomic E-state index is -3.57. The van der Waals surface area contributed by atoms with Crippen LogP contribution in [-0.2, 0) is 20.3 Å². The van der Waals surface area contributed by atoms with Crippen LogP contribution in [0.1, 0.15) is 41.9 Å². The van der Waals surface area contributed by atoms with Gasteiger partial charge in [-0.05, 0) is 61.7 Å². The maximum Gasteiger partial charge on any atom is 0.345 e. The number of esters is 1. The molecule has 0 aliphatic rings. The number of unbranched alkanes of at least 4 members (excludes halogenated alkanes) is 1. The van der Waals surface area contributed by atoms with E-state index in [1.807, 2.05) is 31.2 Å². The summed E-state index contributed by atoms with van der Waals surface area (Å²) in [4.78, 5) is 24.1. The van der Waals surface area contributed by atoms with Gasteiger partial charge in [0.2, 0.25) is 0 Å². The number of rotatable bonds is 11. The zero-order valence-electron chi connectivity index (χ0n) is 18.9. The summed E-state index contributed by atoms with van der Waals surface area (Å²) in [6.45, 7) is 3.98. The Hall–Kier alpha value is -2.67. The predicted octanol–water partition coefficient (Wildman–Crippen LogP) is 6.04. The van der Waals surface area contributed by atoms with Crippen LogP contribution >= 0.6 is 18.9 Å². The minimum Gasteiger partial charge on any atom is -0.477 e. The monoisotopic (exact) mass is 489 g/mol. The van der Waals surface area contributed by atoms with Crippen molar-refractivity contribution in [1.29, 1.82) is 0 Å². The van der Waals surface area contributed by atoms with E-state index >= 15 is 0 Å². The normalized spacial score (nSPS) is 14.1. The van der Waals surface area contributed by atoms with Crippen LogP contribution in [0.5, 0.6) is 5.75 Å². The molecule has 7 nitrogen and oxygen atoms in total. The quantitative estimate of drug-likeness (QED) is 0.200. The summed E-state index contributed by atoms with van der Waals surface area (Å²) in [6, 6.07) is 15.1. The van der Waals surface area contributed by atoms with Crippen LogP contribution in [0.3, 0.4) is 0 Å². The molecule has 9 heteroatoms. The number of nitrogens with zero attached hydrogens (tertiary/aromatic N) is 1. The predicted molar refractivity (Wildman–Crippen MR) is 130 cm³/mol. The lowest BCUT2D eigenvalue weighted by molar-refractivity contribution is -0.147. The molecule has 1 heterocycles. The molecule has 0 aliphatic heterocycles. The number of fused-ring (bicyclic) bond motifs is 1. The Labute approximate surface area is 197 Å². The van der Waals surface area contributed by atoms with E-state index in [4.69, 9.17) is 9.26 Å². The summed E-state index contributed by atoms with van der Waals surface area (Å²) < 4.78 is 27.8. The Morgan fingerprint density at radius 1 is 1.15 bits per heavy atom. The number of aromatic carboxylic acids is 1. The zero-order valence-corrected chi connectivity index (χ0v) is 20.6. The molecule has 2 unspecified atom stereocenters. The van der Waals surface area contributed by atoms with E-state index < -0.39 is 25.5 Å². The molecular formula is C24H28NO6PS. The number of thiophene rings is 1. The molecule has 1 N–H and O–H groups in total. The highest BCUT2D eigenvalue weighted by molar-refractivity contribution is 7.56. The minimum absolute atomic E-state index is 0.0408. The molecule has 0 spiro atoms. The van der Waals surface area contributed by atoms with Crippen molar-refractivity contribution in [3.63, 3.8) is 0 Å². The average molecular weight is 490 g/mol. The van der Waals surface area contributed by atoms with Crippen LogP contribution in [0, 0.1) is 0 Å². The van der Waals surface area contributed by atoms with E-state index in [0.29, 0.717) is 12.4 Å². The third kappa shape index (κ3) is 6.22. The summed E-state index contributed by atoms with van der Waals surface area (Å²) in [6.07, 6.45) is 1.71. The Bertz CT molecular complexity index is 1160. The highest BCUT2D eigenvalue weighted by atomic mass is 32.1. The number of hydrogen-bond acceptors (Lipinski definition) is 6. The Balaban J connectivity index is 1.90. The van der Waals surface area contributed by atoms with Crippen LogP contribution in [0.15, 0.2) is 54.6 Å². The number of carbonyl (C=O) groups is 2. The Kier molecular flexibility index (Phi) is 8.30. The summed E-state index contributed by atoms with van der Waals surface area (Å²) in [5.74, 6) is -1.00. The lowest BCUT2D eigenvalue weighted by atomic mass is 10.2. The van der Waals surface area contributed by atoms with Crippen LogP contribution in [0.25, 0.3) is 10.1 Å². The molecule has 0 bridgehead atoms. The number of benzene rings is 2.